The van der Waals surface area contributed by atoms with Crippen LogP contribution in [0.5, 0.6) is 0 Å². The number of aliphatic carboxylic acids is 1. The molecule has 0 aromatic heterocycles. The molecule has 1 aliphatic heterocycles. The molecule has 0 spiro atoms. The first kappa shape index (κ1) is 15.9. The highest BCUT2D eigenvalue weighted by Gasteiger charge is 2.44. The van der Waals surface area contributed by atoms with E-state index in [4.69, 9.17) is 5.11 Å². The zero-order chi connectivity index (χ0) is 15.9. The molecule has 6 nitrogen and oxygen atoms in total. The average Bonchev–Trinajstić information content (AvgIpc) is 2.70. The number of hydrogen-bond acceptors (Lipinski definition) is 4. The SMILES string of the molecule is Cc1cc(F)cc(C)c1S(=O)(=O)N1C[C@H](O)C[C@H]1C(=O)O. The van der Waals surface area contributed by atoms with E-state index < -0.39 is 34.0 Å². The van der Waals surface area contributed by atoms with Crippen molar-refractivity contribution in [2.45, 2.75) is 37.3 Å². The van der Waals surface area contributed by atoms with Gasteiger partial charge in [0.1, 0.15) is 11.9 Å². The number of sulfonamides is 1. The molecule has 2 rings (SSSR count). The van der Waals surface area contributed by atoms with Gasteiger partial charge in [-0.05, 0) is 37.1 Å². The van der Waals surface area contributed by atoms with E-state index in [1.54, 1.807) is 0 Å². The van der Waals surface area contributed by atoms with Crippen molar-refractivity contribution in [3.8, 4) is 0 Å². The predicted molar refractivity (Wildman–Crippen MR) is 71.8 cm³/mol. The number of carboxylic acids is 1. The Hall–Kier alpha value is -1.51. The Morgan fingerprint density at radius 1 is 1.33 bits per heavy atom. The fraction of sp³-hybridized carbons (Fsp3) is 0.462. The topological polar surface area (TPSA) is 94.9 Å². The Kier molecular flexibility index (Phi) is 4.05. The molecule has 1 aliphatic rings. The third kappa shape index (κ3) is 2.78. The van der Waals surface area contributed by atoms with E-state index in [-0.39, 0.29) is 29.0 Å². The van der Waals surface area contributed by atoms with Crippen molar-refractivity contribution in [3.05, 3.63) is 29.1 Å². The van der Waals surface area contributed by atoms with Crippen LogP contribution in [0.25, 0.3) is 0 Å². The summed E-state index contributed by atoms with van der Waals surface area (Å²) in [5.74, 6) is -1.87. The molecule has 1 aromatic carbocycles. The van der Waals surface area contributed by atoms with Gasteiger partial charge < -0.3 is 10.2 Å². The van der Waals surface area contributed by atoms with Gasteiger partial charge in [0.2, 0.25) is 10.0 Å². The summed E-state index contributed by atoms with van der Waals surface area (Å²) < 4.78 is 39.4. The number of carboxylic acid groups (broad SMARTS) is 1. The zero-order valence-corrected chi connectivity index (χ0v) is 12.4. The number of halogens is 1. The molecule has 0 saturated carbocycles. The van der Waals surface area contributed by atoms with Crippen molar-refractivity contribution >= 4 is 16.0 Å². The van der Waals surface area contributed by atoms with Crippen molar-refractivity contribution in [1.82, 2.24) is 4.31 Å². The molecule has 1 aromatic rings. The molecule has 0 unspecified atom stereocenters. The van der Waals surface area contributed by atoms with E-state index in [1.807, 2.05) is 0 Å². The van der Waals surface area contributed by atoms with Crippen LogP contribution in [0.2, 0.25) is 0 Å². The quantitative estimate of drug-likeness (QED) is 0.853. The number of nitrogens with zero attached hydrogens (tertiary/aromatic N) is 1. The standard InChI is InChI=1S/C13H16FNO5S/c1-7-3-9(14)4-8(2)12(7)21(19,20)15-6-10(16)5-11(15)13(17)18/h3-4,10-11,16H,5-6H2,1-2H3,(H,17,18)/t10-,11+/m1/s1. The Labute approximate surface area is 121 Å². The van der Waals surface area contributed by atoms with Crippen molar-refractivity contribution in [2.24, 2.45) is 0 Å². The molecule has 8 heteroatoms. The molecule has 0 amide bonds. The second-order valence-electron chi connectivity index (χ2n) is 5.19. The summed E-state index contributed by atoms with van der Waals surface area (Å²) in [6.07, 6.45) is -1.18. The fourth-order valence-corrected chi connectivity index (χ4v) is 4.74. The van der Waals surface area contributed by atoms with Crippen LogP contribution in [0, 0.1) is 19.7 Å². The number of aliphatic hydroxyl groups is 1. The summed E-state index contributed by atoms with van der Waals surface area (Å²) in [6.45, 7) is 2.62. The predicted octanol–water partition coefficient (Wildman–Crippen LogP) is 0.651. The summed E-state index contributed by atoms with van der Waals surface area (Å²) >= 11 is 0. The van der Waals surface area contributed by atoms with Gasteiger partial charge in [-0.15, -0.1) is 0 Å². The van der Waals surface area contributed by atoms with E-state index in [2.05, 4.69) is 0 Å². The van der Waals surface area contributed by atoms with Crippen LogP contribution in [-0.4, -0.2) is 47.6 Å². The Morgan fingerprint density at radius 3 is 2.33 bits per heavy atom. The van der Waals surface area contributed by atoms with Crippen molar-refractivity contribution < 1.29 is 27.8 Å². The first-order chi connectivity index (χ1) is 9.64. The number of carbonyl (C=O) groups is 1. The summed E-state index contributed by atoms with van der Waals surface area (Å²) in [5.41, 5.74) is 0.413. The smallest absolute Gasteiger partial charge is 0.322 e. The minimum Gasteiger partial charge on any atom is -0.480 e. The van der Waals surface area contributed by atoms with Crippen molar-refractivity contribution in [1.29, 1.82) is 0 Å². The lowest BCUT2D eigenvalue weighted by molar-refractivity contribution is -0.140. The number of rotatable bonds is 3. The molecular weight excluding hydrogens is 301 g/mol. The summed E-state index contributed by atoms with van der Waals surface area (Å²) in [6, 6.07) is 0.860. The molecule has 2 atom stereocenters. The second kappa shape index (κ2) is 5.36. The molecule has 1 fully saturated rings. The zero-order valence-electron chi connectivity index (χ0n) is 11.6. The second-order valence-corrected chi connectivity index (χ2v) is 7.01. The van der Waals surface area contributed by atoms with E-state index >= 15 is 0 Å². The van der Waals surface area contributed by atoms with Gasteiger partial charge in [0.25, 0.3) is 0 Å². The summed E-state index contributed by atoms with van der Waals surface area (Å²) in [4.78, 5) is 11.1. The fourth-order valence-electron chi connectivity index (χ4n) is 2.70. The van der Waals surface area contributed by atoms with Gasteiger partial charge >= 0.3 is 5.97 Å². The Morgan fingerprint density at radius 2 is 1.86 bits per heavy atom. The van der Waals surface area contributed by atoms with E-state index in [1.165, 1.54) is 13.8 Å². The maximum absolute atomic E-state index is 13.3. The maximum atomic E-state index is 13.3. The molecule has 1 heterocycles. The lowest BCUT2D eigenvalue weighted by Gasteiger charge is -2.23. The maximum Gasteiger partial charge on any atom is 0.322 e. The van der Waals surface area contributed by atoms with Crippen LogP contribution in [0.4, 0.5) is 4.39 Å². The number of aliphatic hydroxyl groups excluding tert-OH is 1. The molecule has 0 bridgehead atoms. The van der Waals surface area contributed by atoms with Gasteiger partial charge in [-0.2, -0.15) is 4.31 Å². The lowest BCUT2D eigenvalue weighted by atomic mass is 10.1. The highest BCUT2D eigenvalue weighted by atomic mass is 32.2. The Balaban J connectivity index is 2.55. The molecule has 2 N–H and O–H groups in total. The van der Waals surface area contributed by atoms with E-state index in [9.17, 15) is 22.7 Å². The minimum absolute atomic E-state index is 0.107. The first-order valence-electron chi connectivity index (χ1n) is 6.34. The third-order valence-corrected chi connectivity index (χ3v) is 5.69. The molecule has 1 saturated heterocycles. The number of β-amino-alcohol motifs (C(OH)–C–C–N with tert-alkyl or cyclic N) is 1. The van der Waals surface area contributed by atoms with E-state index in [0.717, 1.165) is 16.4 Å². The van der Waals surface area contributed by atoms with Gasteiger partial charge in [0.15, 0.2) is 0 Å². The van der Waals surface area contributed by atoms with Crippen LogP contribution in [0.3, 0.4) is 0 Å². The van der Waals surface area contributed by atoms with Gasteiger partial charge in [0.05, 0.1) is 11.0 Å². The van der Waals surface area contributed by atoms with Gasteiger partial charge in [0, 0.05) is 13.0 Å². The number of hydrogen-bond donors (Lipinski definition) is 2. The van der Waals surface area contributed by atoms with Crippen molar-refractivity contribution in [2.75, 3.05) is 6.54 Å². The molecule has 116 valence electrons. The lowest BCUT2D eigenvalue weighted by Crippen LogP contribution is -2.41. The number of aryl methyl sites for hydroxylation is 2. The molecule has 21 heavy (non-hydrogen) atoms. The third-order valence-electron chi connectivity index (χ3n) is 3.51. The summed E-state index contributed by atoms with van der Waals surface area (Å²) in [7, 11) is -4.12. The molecule has 0 aliphatic carbocycles. The summed E-state index contributed by atoms with van der Waals surface area (Å²) in [5, 5.41) is 18.7. The van der Waals surface area contributed by atoms with Crippen LogP contribution in [-0.2, 0) is 14.8 Å². The van der Waals surface area contributed by atoms with Gasteiger partial charge in [-0.1, -0.05) is 0 Å². The highest BCUT2D eigenvalue weighted by molar-refractivity contribution is 7.89. The normalized spacial score (nSPS) is 23.4. The van der Waals surface area contributed by atoms with Crippen LogP contribution in [0.15, 0.2) is 17.0 Å². The largest absolute Gasteiger partial charge is 0.480 e. The van der Waals surface area contributed by atoms with Crippen LogP contribution >= 0.6 is 0 Å². The average molecular weight is 317 g/mol. The van der Waals surface area contributed by atoms with Crippen LogP contribution < -0.4 is 0 Å². The minimum atomic E-state index is -4.12. The van der Waals surface area contributed by atoms with Gasteiger partial charge in [-0.3, -0.25) is 4.79 Å². The van der Waals surface area contributed by atoms with Crippen LogP contribution in [0.1, 0.15) is 17.5 Å². The highest BCUT2D eigenvalue weighted by Crippen LogP contribution is 2.30. The van der Waals surface area contributed by atoms with Gasteiger partial charge in [-0.25, -0.2) is 12.8 Å². The number of benzene rings is 1. The molecular formula is C13H16FNO5S. The molecule has 0 radical (unpaired) electrons. The monoisotopic (exact) mass is 317 g/mol. The Bertz CT molecular complexity index is 665. The van der Waals surface area contributed by atoms with E-state index in [0.29, 0.717) is 0 Å². The first-order valence-corrected chi connectivity index (χ1v) is 7.78. The van der Waals surface area contributed by atoms with Crippen molar-refractivity contribution in [3.63, 3.8) is 0 Å².